The third-order valence-corrected chi connectivity index (χ3v) is 8.38. The summed E-state index contributed by atoms with van der Waals surface area (Å²) in [5, 5.41) is 14.1. The molecule has 0 saturated carbocycles. The Balaban J connectivity index is 1.54. The molecule has 4 aliphatic rings. The zero-order valence-electron chi connectivity index (χ0n) is 18.5. The van der Waals surface area contributed by atoms with Crippen molar-refractivity contribution in [1.29, 1.82) is 0 Å². The van der Waals surface area contributed by atoms with Crippen LogP contribution in [0.3, 0.4) is 0 Å². The van der Waals surface area contributed by atoms with Gasteiger partial charge in [0.2, 0.25) is 17.7 Å². The number of halogens is 1. The van der Waals surface area contributed by atoms with E-state index < -0.39 is 34.1 Å². The molecule has 9 nitrogen and oxygen atoms in total. The Labute approximate surface area is 199 Å². The zero-order chi connectivity index (χ0) is 24.1. The van der Waals surface area contributed by atoms with E-state index in [9.17, 15) is 24.5 Å². The van der Waals surface area contributed by atoms with Crippen LogP contribution in [-0.2, 0) is 19.9 Å². The number of carbonyl (C=O) groups excluding carboxylic acids is 3. The van der Waals surface area contributed by atoms with Crippen LogP contribution in [0, 0.1) is 35.8 Å². The Morgan fingerprint density at radius 2 is 1.91 bits per heavy atom. The quantitative estimate of drug-likeness (QED) is 0.401. The average Bonchev–Trinajstić information content (AvgIpc) is 3.50. The van der Waals surface area contributed by atoms with Crippen molar-refractivity contribution >= 4 is 46.4 Å². The van der Waals surface area contributed by atoms with Crippen molar-refractivity contribution in [3.8, 4) is 0 Å². The van der Waals surface area contributed by atoms with Gasteiger partial charge in [-0.05, 0) is 50.4 Å². The fourth-order valence-corrected chi connectivity index (χ4v) is 6.81. The lowest BCUT2D eigenvalue weighted by molar-refractivity contribution is -0.384. The van der Waals surface area contributed by atoms with Crippen LogP contribution in [0.25, 0.3) is 0 Å². The number of hydrogen-bond acceptors (Lipinski definition) is 6. The van der Waals surface area contributed by atoms with Crippen molar-refractivity contribution in [3.05, 3.63) is 62.2 Å². The second kappa shape index (κ2) is 6.86. The minimum absolute atomic E-state index is 0.0593. The van der Waals surface area contributed by atoms with E-state index in [-0.39, 0.29) is 28.3 Å². The standard InChI is InChI=1S/C24H21ClN4O5/c1-11-5-7-14-20(12(11)2)26-23(32)24(14)19-18(17-4-3-9-27(17)24)21(30)28(22(19)31)16-8-6-13(29(33)34)10-15(16)25/h5-8,10,17-19H,3-4,9H2,1-2H3,(H,26,32)/t17-,18-,19+,24-/m1/s1. The number of fused-ring (bicyclic) bond motifs is 7. The fraction of sp³-hybridized carbons (Fsp3) is 0.375. The van der Waals surface area contributed by atoms with Crippen LogP contribution in [-0.4, -0.2) is 40.1 Å². The maximum Gasteiger partial charge on any atom is 0.271 e. The molecule has 1 N–H and O–H groups in total. The predicted molar refractivity (Wildman–Crippen MR) is 124 cm³/mol. The van der Waals surface area contributed by atoms with Gasteiger partial charge >= 0.3 is 0 Å². The highest BCUT2D eigenvalue weighted by molar-refractivity contribution is 6.36. The molecule has 3 amide bonds. The van der Waals surface area contributed by atoms with E-state index in [1.807, 2.05) is 26.0 Å². The summed E-state index contributed by atoms with van der Waals surface area (Å²) in [6.45, 7) is 4.52. The van der Waals surface area contributed by atoms with Crippen LogP contribution < -0.4 is 10.2 Å². The molecule has 0 aromatic heterocycles. The molecule has 4 atom stereocenters. The molecule has 0 unspecified atom stereocenters. The maximum atomic E-state index is 14.0. The summed E-state index contributed by atoms with van der Waals surface area (Å²) in [5.74, 6) is -2.79. The summed E-state index contributed by atoms with van der Waals surface area (Å²) < 4.78 is 0. The highest BCUT2D eigenvalue weighted by Gasteiger charge is 2.74. The van der Waals surface area contributed by atoms with E-state index in [0.29, 0.717) is 18.7 Å². The molecule has 174 valence electrons. The van der Waals surface area contributed by atoms with E-state index in [2.05, 4.69) is 10.2 Å². The van der Waals surface area contributed by atoms with Crippen molar-refractivity contribution in [1.82, 2.24) is 4.90 Å². The van der Waals surface area contributed by atoms with Gasteiger partial charge in [-0.1, -0.05) is 23.7 Å². The molecule has 10 heteroatoms. The predicted octanol–water partition coefficient (Wildman–Crippen LogP) is 3.30. The average molecular weight is 481 g/mol. The lowest BCUT2D eigenvalue weighted by Gasteiger charge is -2.36. The molecule has 0 radical (unpaired) electrons. The van der Waals surface area contributed by atoms with E-state index in [1.165, 1.54) is 12.1 Å². The number of amides is 3. The number of aryl methyl sites for hydroxylation is 1. The second-order valence-corrected chi connectivity index (χ2v) is 9.87. The number of rotatable bonds is 2. The molecule has 2 aromatic rings. The van der Waals surface area contributed by atoms with Crippen LogP contribution in [0.1, 0.15) is 29.5 Å². The SMILES string of the molecule is Cc1ccc2c(c1C)NC(=O)[C@]21[C@@H]2C(=O)N(c3ccc([N+](=O)[O-])cc3Cl)C(=O)[C@@H]2[C@H]2CCCN21. The normalized spacial score (nSPS) is 29.6. The van der Waals surface area contributed by atoms with Gasteiger partial charge in [-0.25, -0.2) is 4.90 Å². The Morgan fingerprint density at radius 3 is 2.62 bits per heavy atom. The minimum atomic E-state index is -1.27. The maximum absolute atomic E-state index is 14.0. The minimum Gasteiger partial charge on any atom is -0.324 e. The molecule has 2 aromatic carbocycles. The lowest BCUT2D eigenvalue weighted by Crippen LogP contribution is -2.54. The van der Waals surface area contributed by atoms with E-state index >= 15 is 0 Å². The summed E-state index contributed by atoms with van der Waals surface area (Å²) in [6, 6.07) is 7.27. The smallest absolute Gasteiger partial charge is 0.271 e. The Kier molecular flexibility index (Phi) is 4.29. The molecule has 4 heterocycles. The first-order valence-corrected chi connectivity index (χ1v) is 11.6. The number of imide groups is 1. The third-order valence-electron chi connectivity index (χ3n) is 8.08. The van der Waals surface area contributed by atoms with E-state index in [0.717, 1.165) is 34.1 Å². The Hall–Kier alpha value is -3.30. The molecule has 0 aliphatic carbocycles. The zero-order valence-corrected chi connectivity index (χ0v) is 19.3. The number of nitro groups is 1. The molecule has 3 saturated heterocycles. The third kappa shape index (κ3) is 2.35. The van der Waals surface area contributed by atoms with Gasteiger partial charge in [-0.2, -0.15) is 0 Å². The largest absolute Gasteiger partial charge is 0.324 e. The van der Waals surface area contributed by atoms with Crippen molar-refractivity contribution in [2.24, 2.45) is 11.8 Å². The lowest BCUT2D eigenvalue weighted by atomic mass is 9.75. The molecule has 3 fully saturated rings. The summed E-state index contributed by atoms with van der Waals surface area (Å²) in [4.78, 5) is 55.1. The fourth-order valence-electron chi connectivity index (χ4n) is 6.55. The first-order valence-electron chi connectivity index (χ1n) is 11.2. The van der Waals surface area contributed by atoms with Crippen LogP contribution >= 0.6 is 11.6 Å². The summed E-state index contributed by atoms with van der Waals surface area (Å²) >= 11 is 6.31. The Morgan fingerprint density at radius 1 is 1.15 bits per heavy atom. The van der Waals surface area contributed by atoms with E-state index in [1.54, 1.807) is 0 Å². The highest BCUT2D eigenvalue weighted by Crippen LogP contribution is 2.61. The van der Waals surface area contributed by atoms with Crippen LogP contribution in [0.4, 0.5) is 17.1 Å². The van der Waals surface area contributed by atoms with E-state index in [4.69, 9.17) is 11.6 Å². The van der Waals surface area contributed by atoms with Gasteiger partial charge in [0.1, 0.15) is 5.54 Å². The number of nitrogens with zero attached hydrogens (tertiary/aromatic N) is 3. The van der Waals surface area contributed by atoms with Crippen molar-refractivity contribution in [2.45, 2.75) is 38.3 Å². The van der Waals surface area contributed by atoms with Gasteiger partial charge in [-0.15, -0.1) is 0 Å². The van der Waals surface area contributed by atoms with Crippen LogP contribution in [0.5, 0.6) is 0 Å². The van der Waals surface area contributed by atoms with Crippen molar-refractivity contribution < 1.29 is 19.3 Å². The number of hydrogen-bond donors (Lipinski definition) is 1. The second-order valence-electron chi connectivity index (χ2n) is 9.46. The van der Waals surface area contributed by atoms with Crippen molar-refractivity contribution in [2.75, 3.05) is 16.8 Å². The summed E-state index contributed by atoms with van der Waals surface area (Å²) in [5.41, 5.74) is 2.01. The molecule has 1 spiro atoms. The number of anilines is 2. The van der Waals surface area contributed by atoms with Gasteiger partial charge in [0, 0.05) is 29.4 Å². The van der Waals surface area contributed by atoms with Gasteiger partial charge < -0.3 is 5.32 Å². The molecule has 0 bridgehead atoms. The summed E-state index contributed by atoms with van der Waals surface area (Å²) in [6.07, 6.45) is 1.53. The van der Waals surface area contributed by atoms with Crippen molar-refractivity contribution in [3.63, 3.8) is 0 Å². The molecule has 6 rings (SSSR count). The van der Waals surface area contributed by atoms with Gasteiger partial charge in [0.15, 0.2) is 0 Å². The van der Waals surface area contributed by atoms with Gasteiger partial charge in [0.25, 0.3) is 5.69 Å². The number of benzene rings is 2. The highest BCUT2D eigenvalue weighted by atomic mass is 35.5. The topological polar surface area (TPSA) is 113 Å². The van der Waals surface area contributed by atoms with Crippen LogP contribution in [0.2, 0.25) is 5.02 Å². The molecule has 34 heavy (non-hydrogen) atoms. The summed E-state index contributed by atoms with van der Waals surface area (Å²) in [7, 11) is 0. The number of non-ortho nitro benzene ring substituents is 1. The number of nitrogens with one attached hydrogen (secondary N) is 1. The first-order chi connectivity index (χ1) is 16.2. The number of nitro benzene ring substituents is 1. The van der Waals surface area contributed by atoms with Gasteiger partial charge in [-0.3, -0.25) is 29.4 Å². The molecular weight excluding hydrogens is 460 g/mol. The first kappa shape index (κ1) is 21.2. The van der Waals surface area contributed by atoms with Gasteiger partial charge in [0.05, 0.1) is 27.5 Å². The Bertz CT molecular complexity index is 1340. The monoisotopic (exact) mass is 480 g/mol. The van der Waals surface area contributed by atoms with Crippen LogP contribution in [0.15, 0.2) is 30.3 Å². The number of carbonyl (C=O) groups is 3. The molecular formula is C24H21ClN4O5. The molecule has 4 aliphatic heterocycles.